The number of aromatic carboxylic acids is 1. The molecule has 0 aliphatic heterocycles. The SMILES string of the molecule is Cc1ccc(OCC(O)C(F)(F)F)c(C(=O)O)c1. The van der Waals surface area contributed by atoms with Gasteiger partial charge in [-0.25, -0.2) is 4.79 Å². The van der Waals surface area contributed by atoms with Gasteiger partial charge in [-0.1, -0.05) is 11.6 Å². The molecule has 0 aliphatic carbocycles. The van der Waals surface area contributed by atoms with E-state index in [0.717, 1.165) is 0 Å². The summed E-state index contributed by atoms with van der Waals surface area (Å²) in [6.45, 7) is 0.591. The summed E-state index contributed by atoms with van der Waals surface area (Å²) in [5.74, 6) is -1.52. The summed E-state index contributed by atoms with van der Waals surface area (Å²) in [6.07, 6.45) is -7.45. The van der Waals surface area contributed by atoms with Gasteiger partial charge < -0.3 is 14.9 Å². The van der Waals surface area contributed by atoms with Crippen molar-refractivity contribution in [3.63, 3.8) is 0 Å². The van der Waals surface area contributed by atoms with Crippen LogP contribution in [0.15, 0.2) is 18.2 Å². The van der Waals surface area contributed by atoms with Gasteiger partial charge in [-0.2, -0.15) is 13.2 Å². The number of halogens is 3. The highest BCUT2D eigenvalue weighted by molar-refractivity contribution is 5.91. The molecule has 18 heavy (non-hydrogen) atoms. The van der Waals surface area contributed by atoms with E-state index >= 15 is 0 Å². The molecule has 7 heteroatoms. The van der Waals surface area contributed by atoms with Gasteiger partial charge in [-0.05, 0) is 19.1 Å². The van der Waals surface area contributed by atoms with Crippen LogP contribution in [-0.2, 0) is 0 Å². The highest BCUT2D eigenvalue weighted by Crippen LogP contribution is 2.24. The molecule has 2 N–H and O–H groups in total. The lowest BCUT2D eigenvalue weighted by Crippen LogP contribution is -2.34. The topological polar surface area (TPSA) is 66.8 Å². The minimum Gasteiger partial charge on any atom is -0.490 e. The van der Waals surface area contributed by atoms with Crippen LogP contribution in [0.2, 0.25) is 0 Å². The molecule has 1 rings (SSSR count). The second-order valence-corrected chi connectivity index (χ2v) is 3.67. The monoisotopic (exact) mass is 264 g/mol. The summed E-state index contributed by atoms with van der Waals surface area (Å²) < 4.78 is 40.8. The first-order valence-corrected chi connectivity index (χ1v) is 4.93. The number of benzene rings is 1. The fraction of sp³-hybridized carbons (Fsp3) is 0.364. The molecule has 0 aliphatic rings. The van der Waals surface area contributed by atoms with Crippen molar-refractivity contribution in [1.29, 1.82) is 0 Å². The van der Waals surface area contributed by atoms with Crippen molar-refractivity contribution in [1.82, 2.24) is 0 Å². The van der Waals surface area contributed by atoms with E-state index in [2.05, 4.69) is 0 Å². The van der Waals surface area contributed by atoms with Crippen molar-refractivity contribution in [2.75, 3.05) is 6.61 Å². The Labute approximate surface area is 101 Å². The van der Waals surface area contributed by atoms with Crippen LogP contribution in [0.25, 0.3) is 0 Å². The third-order valence-electron chi connectivity index (χ3n) is 2.14. The van der Waals surface area contributed by atoms with E-state index in [4.69, 9.17) is 14.9 Å². The Bertz CT molecular complexity index is 442. The molecule has 0 saturated carbocycles. The zero-order valence-electron chi connectivity index (χ0n) is 9.36. The predicted octanol–water partition coefficient (Wildman–Crippen LogP) is 2.00. The minimum atomic E-state index is -4.80. The van der Waals surface area contributed by atoms with Crippen LogP contribution in [0, 0.1) is 6.92 Å². The van der Waals surface area contributed by atoms with Crippen molar-refractivity contribution in [3.8, 4) is 5.75 Å². The third kappa shape index (κ3) is 3.63. The first-order chi connectivity index (χ1) is 8.21. The Hall–Kier alpha value is -1.76. The second-order valence-electron chi connectivity index (χ2n) is 3.67. The summed E-state index contributed by atoms with van der Waals surface area (Å²) in [6, 6.07) is 4.03. The number of aliphatic hydroxyl groups excluding tert-OH is 1. The highest BCUT2D eigenvalue weighted by Gasteiger charge is 2.38. The highest BCUT2D eigenvalue weighted by atomic mass is 19.4. The van der Waals surface area contributed by atoms with Crippen LogP contribution in [0.1, 0.15) is 15.9 Å². The van der Waals surface area contributed by atoms with Crippen LogP contribution in [0.3, 0.4) is 0 Å². The molecule has 100 valence electrons. The van der Waals surface area contributed by atoms with Crippen LogP contribution in [0.4, 0.5) is 13.2 Å². The van der Waals surface area contributed by atoms with Crippen molar-refractivity contribution < 1.29 is 32.9 Å². The lowest BCUT2D eigenvalue weighted by Gasteiger charge is -2.16. The molecular weight excluding hydrogens is 253 g/mol. The molecule has 0 bridgehead atoms. The quantitative estimate of drug-likeness (QED) is 0.872. The van der Waals surface area contributed by atoms with E-state index in [1.54, 1.807) is 6.92 Å². The number of carboxylic acid groups (broad SMARTS) is 1. The van der Waals surface area contributed by atoms with Crippen molar-refractivity contribution in [2.45, 2.75) is 19.2 Å². The fourth-order valence-corrected chi connectivity index (χ4v) is 1.20. The van der Waals surface area contributed by atoms with Gasteiger partial charge in [0.1, 0.15) is 17.9 Å². The molecule has 0 fully saturated rings. The number of hydrogen-bond acceptors (Lipinski definition) is 3. The van der Waals surface area contributed by atoms with Gasteiger partial charge in [0.15, 0.2) is 6.10 Å². The molecule has 1 unspecified atom stereocenters. The largest absolute Gasteiger partial charge is 0.490 e. The fourth-order valence-electron chi connectivity index (χ4n) is 1.20. The summed E-state index contributed by atoms with van der Waals surface area (Å²) >= 11 is 0. The Morgan fingerprint density at radius 3 is 2.56 bits per heavy atom. The van der Waals surface area contributed by atoms with Gasteiger partial charge in [0.2, 0.25) is 0 Å². The summed E-state index contributed by atoms with van der Waals surface area (Å²) in [5.41, 5.74) is 0.389. The Morgan fingerprint density at radius 1 is 1.44 bits per heavy atom. The smallest absolute Gasteiger partial charge is 0.417 e. The number of hydrogen-bond donors (Lipinski definition) is 2. The molecule has 1 aromatic carbocycles. The number of aliphatic hydroxyl groups is 1. The predicted molar refractivity (Wildman–Crippen MR) is 55.7 cm³/mol. The number of ether oxygens (including phenoxy) is 1. The maximum atomic E-state index is 12.0. The molecule has 1 atom stereocenters. The number of carboxylic acids is 1. The van der Waals surface area contributed by atoms with Crippen molar-refractivity contribution in [2.24, 2.45) is 0 Å². The molecule has 1 aromatic rings. The average molecular weight is 264 g/mol. The van der Waals surface area contributed by atoms with Gasteiger partial charge in [-0.15, -0.1) is 0 Å². The Balaban J connectivity index is 2.82. The number of alkyl halides is 3. The standard InChI is InChI=1S/C11H11F3O4/c1-6-2-3-8(7(4-6)10(16)17)18-5-9(15)11(12,13)14/h2-4,9,15H,5H2,1H3,(H,16,17). The van der Waals surface area contributed by atoms with Gasteiger partial charge in [-0.3, -0.25) is 0 Å². The lowest BCUT2D eigenvalue weighted by molar-refractivity contribution is -0.210. The number of carbonyl (C=O) groups is 1. The van der Waals surface area contributed by atoms with Crippen molar-refractivity contribution >= 4 is 5.97 Å². The van der Waals surface area contributed by atoms with Crippen LogP contribution in [0.5, 0.6) is 5.75 Å². The maximum absolute atomic E-state index is 12.0. The Kier molecular flexibility index (Phi) is 4.18. The van der Waals surface area contributed by atoms with Gasteiger partial charge in [0, 0.05) is 0 Å². The zero-order chi connectivity index (χ0) is 13.9. The molecule has 0 aromatic heterocycles. The van der Waals surface area contributed by atoms with Gasteiger partial charge in [0.25, 0.3) is 0 Å². The van der Waals surface area contributed by atoms with Crippen LogP contribution >= 0.6 is 0 Å². The zero-order valence-corrected chi connectivity index (χ0v) is 9.36. The van der Waals surface area contributed by atoms with E-state index in [1.165, 1.54) is 18.2 Å². The number of rotatable bonds is 4. The maximum Gasteiger partial charge on any atom is 0.417 e. The number of aryl methyl sites for hydroxylation is 1. The summed E-state index contributed by atoms with van der Waals surface area (Å²) in [5, 5.41) is 17.6. The first-order valence-electron chi connectivity index (χ1n) is 4.93. The normalized spacial score (nSPS) is 13.2. The van der Waals surface area contributed by atoms with E-state index in [1.807, 2.05) is 0 Å². The summed E-state index contributed by atoms with van der Waals surface area (Å²) in [4.78, 5) is 10.9. The third-order valence-corrected chi connectivity index (χ3v) is 2.14. The van der Waals surface area contributed by atoms with E-state index in [0.29, 0.717) is 5.56 Å². The minimum absolute atomic E-state index is 0.212. The molecule has 4 nitrogen and oxygen atoms in total. The molecule has 0 heterocycles. The molecule has 0 radical (unpaired) electrons. The van der Waals surface area contributed by atoms with Crippen molar-refractivity contribution in [3.05, 3.63) is 29.3 Å². The molecular formula is C11H11F3O4. The lowest BCUT2D eigenvalue weighted by atomic mass is 10.1. The molecule has 0 saturated heterocycles. The van der Waals surface area contributed by atoms with Gasteiger partial charge in [0.05, 0.1) is 0 Å². The first kappa shape index (κ1) is 14.3. The van der Waals surface area contributed by atoms with E-state index in [-0.39, 0.29) is 11.3 Å². The molecule has 0 spiro atoms. The summed E-state index contributed by atoms with van der Waals surface area (Å²) in [7, 11) is 0. The van der Waals surface area contributed by atoms with Crippen LogP contribution < -0.4 is 4.74 Å². The van der Waals surface area contributed by atoms with Crippen LogP contribution in [-0.4, -0.2) is 35.1 Å². The van der Waals surface area contributed by atoms with E-state index < -0.39 is 24.9 Å². The van der Waals surface area contributed by atoms with E-state index in [9.17, 15) is 18.0 Å². The average Bonchev–Trinajstić information content (AvgIpc) is 2.25. The Morgan fingerprint density at radius 2 is 2.06 bits per heavy atom. The molecule has 0 amide bonds. The van der Waals surface area contributed by atoms with Gasteiger partial charge >= 0.3 is 12.1 Å². The second kappa shape index (κ2) is 5.26.